The van der Waals surface area contributed by atoms with Crippen LogP contribution >= 0.6 is 0 Å². The van der Waals surface area contributed by atoms with Crippen LogP contribution in [0.15, 0.2) is 24.3 Å². The van der Waals surface area contributed by atoms with Gasteiger partial charge in [0.25, 0.3) is 0 Å². The molecule has 2 aliphatic heterocycles. The van der Waals surface area contributed by atoms with Crippen LogP contribution in [0, 0.1) is 12.3 Å². The van der Waals surface area contributed by atoms with Gasteiger partial charge in [-0.15, -0.1) is 0 Å². The Morgan fingerprint density at radius 2 is 1.92 bits per heavy atom. The average molecular weight is 343 g/mol. The molecule has 1 spiro atoms. The topological polar surface area (TPSA) is 52.7 Å². The van der Waals surface area contributed by atoms with Crippen molar-refractivity contribution in [2.24, 2.45) is 5.41 Å². The van der Waals surface area contributed by atoms with E-state index in [0.717, 1.165) is 37.2 Å². The first-order valence-corrected chi connectivity index (χ1v) is 9.12. The highest BCUT2D eigenvalue weighted by atomic mass is 16.2. The minimum Gasteiger partial charge on any atom is -0.353 e. The van der Waals surface area contributed by atoms with Gasteiger partial charge < -0.3 is 10.2 Å². The number of likely N-dealkylation sites (tertiary alicyclic amines) is 2. The largest absolute Gasteiger partial charge is 0.353 e. The summed E-state index contributed by atoms with van der Waals surface area (Å²) in [5, 5.41) is 3.01. The first-order chi connectivity index (χ1) is 11.8. The number of aryl methyl sites for hydroxylation is 1. The summed E-state index contributed by atoms with van der Waals surface area (Å²) in [5.41, 5.74) is 2.36. The maximum Gasteiger partial charge on any atom is 0.237 e. The molecule has 136 valence electrons. The van der Waals surface area contributed by atoms with E-state index in [-0.39, 0.29) is 29.3 Å². The van der Waals surface area contributed by atoms with Crippen molar-refractivity contribution in [1.29, 1.82) is 0 Å². The molecule has 1 aromatic carbocycles. The fraction of sp³-hybridized carbons (Fsp3) is 0.600. The molecule has 0 aliphatic carbocycles. The third-order valence-corrected chi connectivity index (χ3v) is 5.48. The standard InChI is InChI=1S/C20H29N3O2/c1-14(2)21-19(25)17-10-20(11-22(17)4)12-23(13-20)18(24)9-16-8-6-5-7-15(16)3/h5-8,14,17H,9-13H2,1-4H3,(H,21,25). The second-order valence-electron chi connectivity index (χ2n) is 8.15. The van der Waals surface area contributed by atoms with Crippen LogP contribution in [0.4, 0.5) is 0 Å². The lowest BCUT2D eigenvalue weighted by Gasteiger charge is -2.48. The fourth-order valence-electron chi connectivity index (χ4n) is 4.20. The van der Waals surface area contributed by atoms with Crippen molar-refractivity contribution in [3.63, 3.8) is 0 Å². The van der Waals surface area contributed by atoms with Crippen LogP contribution in [0.1, 0.15) is 31.4 Å². The summed E-state index contributed by atoms with van der Waals surface area (Å²) < 4.78 is 0. The Hall–Kier alpha value is -1.88. The van der Waals surface area contributed by atoms with Gasteiger partial charge in [0.1, 0.15) is 0 Å². The van der Waals surface area contributed by atoms with Crippen molar-refractivity contribution in [1.82, 2.24) is 15.1 Å². The van der Waals surface area contributed by atoms with Crippen molar-refractivity contribution in [2.45, 2.75) is 45.7 Å². The molecule has 0 saturated carbocycles. The van der Waals surface area contributed by atoms with E-state index in [1.54, 1.807) is 0 Å². The van der Waals surface area contributed by atoms with Crippen molar-refractivity contribution in [3.8, 4) is 0 Å². The third-order valence-electron chi connectivity index (χ3n) is 5.48. The van der Waals surface area contributed by atoms with Crippen LogP contribution in [-0.4, -0.2) is 60.4 Å². The summed E-state index contributed by atoms with van der Waals surface area (Å²) in [6, 6.07) is 8.14. The number of hydrogen-bond donors (Lipinski definition) is 1. The number of amides is 2. The molecule has 1 atom stereocenters. The quantitative estimate of drug-likeness (QED) is 0.903. The Balaban J connectivity index is 1.56. The normalized spacial score (nSPS) is 22.3. The zero-order valence-corrected chi connectivity index (χ0v) is 15.7. The Morgan fingerprint density at radius 3 is 2.56 bits per heavy atom. The molecular formula is C20H29N3O2. The van der Waals surface area contributed by atoms with E-state index in [2.05, 4.69) is 10.2 Å². The van der Waals surface area contributed by atoms with Gasteiger partial charge in [-0.1, -0.05) is 24.3 Å². The van der Waals surface area contributed by atoms with Crippen molar-refractivity contribution < 1.29 is 9.59 Å². The highest BCUT2D eigenvalue weighted by Gasteiger charge is 2.53. The molecule has 1 unspecified atom stereocenters. The molecule has 0 aromatic heterocycles. The summed E-state index contributed by atoms with van der Waals surface area (Å²) in [4.78, 5) is 29.0. The molecule has 0 radical (unpaired) electrons. The van der Waals surface area contributed by atoms with Crippen molar-refractivity contribution in [2.75, 3.05) is 26.7 Å². The van der Waals surface area contributed by atoms with Crippen LogP contribution in [-0.2, 0) is 16.0 Å². The van der Waals surface area contributed by atoms with Gasteiger partial charge in [-0.05, 0) is 45.4 Å². The van der Waals surface area contributed by atoms with Gasteiger partial charge in [0, 0.05) is 31.1 Å². The molecule has 2 amide bonds. The molecule has 2 saturated heterocycles. The minimum absolute atomic E-state index is 0.0731. The number of likely N-dealkylation sites (N-methyl/N-ethyl adjacent to an activating group) is 1. The van der Waals surface area contributed by atoms with Gasteiger partial charge >= 0.3 is 0 Å². The summed E-state index contributed by atoms with van der Waals surface area (Å²) in [6.07, 6.45) is 1.31. The van der Waals surface area contributed by atoms with Crippen molar-refractivity contribution >= 4 is 11.8 Å². The molecule has 2 fully saturated rings. The second kappa shape index (κ2) is 6.79. The predicted octanol–water partition coefficient (Wildman–Crippen LogP) is 1.59. The van der Waals surface area contributed by atoms with Crippen molar-refractivity contribution in [3.05, 3.63) is 35.4 Å². The summed E-state index contributed by atoms with van der Waals surface area (Å²) >= 11 is 0. The number of rotatable bonds is 4. The Bertz CT molecular complexity index is 665. The molecule has 1 N–H and O–H groups in total. The highest BCUT2D eigenvalue weighted by Crippen LogP contribution is 2.42. The molecule has 25 heavy (non-hydrogen) atoms. The van der Waals surface area contributed by atoms with Gasteiger partial charge in [-0.3, -0.25) is 14.5 Å². The zero-order chi connectivity index (χ0) is 18.2. The van der Waals surface area contributed by atoms with E-state index in [0.29, 0.717) is 6.42 Å². The van der Waals surface area contributed by atoms with Gasteiger partial charge in [-0.25, -0.2) is 0 Å². The third kappa shape index (κ3) is 3.71. The first-order valence-electron chi connectivity index (χ1n) is 9.12. The van der Waals surface area contributed by atoms with E-state index in [9.17, 15) is 9.59 Å². The van der Waals surface area contributed by atoms with Crippen LogP contribution in [0.2, 0.25) is 0 Å². The number of hydrogen-bond acceptors (Lipinski definition) is 3. The molecule has 1 aromatic rings. The van der Waals surface area contributed by atoms with Gasteiger partial charge in [0.2, 0.25) is 11.8 Å². The van der Waals surface area contributed by atoms with Crippen LogP contribution in [0.25, 0.3) is 0 Å². The minimum atomic E-state index is -0.0731. The maximum absolute atomic E-state index is 12.6. The Kier molecular flexibility index (Phi) is 4.87. The van der Waals surface area contributed by atoms with E-state index in [1.165, 1.54) is 0 Å². The fourth-order valence-corrected chi connectivity index (χ4v) is 4.20. The second-order valence-corrected chi connectivity index (χ2v) is 8.15. The van der Waals surface area contributed by atoms with Crippen LogP contribution < -0.4 is 5.32 Å². The van der Waals surface area contributed by atoms with Gasteiger partial charge in [0.05, 0.1) is 12.5 Å². The van der Waals surface area contributed by atoms with E-state index >= 15 is 0 Å². The molecule has 5 heteroatoms. The SMILES string of the molecule is Cc1ccccc1CC(=O)N1CC2(CC(C(=O)NC(C)C)N(C)C2)C1. The van der Waals surface area contributed by atoms with E-state index in [4.69, 9.17) is 0 Å². The number of carbonyl (C=O) groups is 2. The van der Waals surface area contributed by atoms with E-state index < -0.39 is 0 Å². The molecule has 0 bridgehead atoms. The maximum atomic E-state index is 12.6. The zero-order valence-electron chi connectivity index (χ0n) is 15.7. The Labute approximate surface area is 150 Å². The average Bonchev–Trinajstić information content (AvgIpc) is 2.85. The van der Waals surface area contributed by atoms with Gasteiger partial charge in [0.15, 0.2) is 0 Å². The molecule has 5 nitrogen and oxygen atoms in total. The van der Waals surface area contributed by atoms with Gasteiger partial charge in [-0.2, -0.15) is 0 Å². The Morgan fingerprint density at radius 1 is 1.24 bits per heavy atom. The predicted molar refractivity (Wildman–Crippen MR) is 98.2 cm³/mol. The molecule has 3 rings (SSSR count). The van der Waals surface area contributed by atoms with Crippen LogP contribution in [0.5, 0.6) is 0 Å². The molecule has 2 heterocycles. The van der Waals surface area contributed by atoms with E-state index in [1.807, 2.05) is 57.0 Å². The molecule has 2 aliphatic rings. The lowest BCUT2D eigenvalue weighted by atomic mass is 9.77. The lowest BCUT2D eigenvalue weighted by molar-refractivity contribution is -0.141. The highest BCUT2D eigenvalue weighted by molar-refractivity contribution is 5.83. The number of nitrogens with zero attached hydrogens (tertiary/aromatic N) is 2. The summed E-state index contributed by atoms with van der Waals surface area (Å²) in [7, 11) is 2.01. The number of benzene rings is 1. The number of nitrogens with one attached hydrogen (secondary N) is 1. The smallest absolute Gasteiger partial charge is 0.237 e. The molecular weight excluding hydrogens is 314 g/mol. The monoisotopic (exact) mass is 343 g/mol. The summed E-state index contributed by atoms with van der Waals surface area (Å²) in [6.45, 7) is 8.44. The van der Waals surface area contributed by atoms with Crippen LogP contribution in [0.3, 0.4) is 0 Å². The summed E-state index contributed by atoms with van der Waals surface area (Å²) in [5.74, 6) is 0.303. The lowest BCUT2D eigenvalue weighted by Crippen LogP contribution is -2.59. The number of carbonyl (C=O) groups excluding carboxylic acids is 2. The first kappa shape index (κ1) is 17.9.